The first-order valence-corrected chi connectivity index (χ1v) is 7.79. The first kappa shape index (κ1) is 15.1. The molecule has 0 aliphatic rings. The monoisotopic (exact) mass is 331 g/mol. The van der Waals surface area contributed by atoms with E-state index in [0.29, 0.717) is 0 Å². The first-order valence-electron chi connectivity index (χ1n) is 7.00. The molecule has 20 heavy (non-hydrogen) atoms. The lowest BCUT2D eigenvalue weighted by Gasteiger charge is -2.26. The van der Waals surface area contributed by atoms with Gasteiger partial charge in [0, 0.05) is 16.2 Å². The molecule has 0 saturated carbocycles. The average Bonchev–Trinajstić information content (AvgIpc) is 2.38. The van der Waals surface area contributed by atoms with Gasteiger partial charge in [-0.15, -0.1) is 0 Å². The third-order valence-electron chi connectivity index (χ3n) is 3.48. The molecule has 1 nitrogen and oxygen atoms in total. The van der Waals surface area contributed by atoms with E-state index >= 15 is 0 Å². The molecule has 0 aliphatic heterocycles. The molecule has 1 atom stereocenters. The lowest BCUT2D eigenvalue weighted by Crippen LogP contribution is -2.16. The van der Waals surface area contributed by atoms with Gasteiger partial charge in [0.05, 0.1) is 0 Å². The van der Waals surface area contributed by atoms with Gasteiger partial charge in [-0.1, -0.05) is 73.1 Å². The zero-order valence-corrected chi connectivity index (χ0v) is 14.2. The molecule has 0 fully saturated rings. The van der Waals surface area contributed by atoms with E-state index in [4.69, 9.17) is 0 Å². The molecule has 0 aliphatic carbocycles. The number of rotatable bonds is 3. The number of halogens is 1. The third kappa shape index (κ3) is 3.43. The Bertz CT molecular complexity index is 584. The number of nitrogens with one attached hydrogen (secondary N) is 1. The van der Waals surface area contributed by atoms with Crippen LogP contribution in [0.5, 0.6) is 0 Å². The predicted octanol–water partition coefficient (Wildman–Crippen LogP) is 5.92. The Balaban J connectivity index is 2.29. The predicted molar refractivity (Wildman–Crippen MR) is 91.3 cm³/mol. The van der Waals surface area contributed by atoms with Crippen LogP contribution in [-0.4, -0.2) is 0 Å². The van der Waals surface area contributed by atoms with Crippen LogP contribution < -0.4 is 5.32 Å². The minimum Gasteiger partial charge on any atom is -0.378 e. The van der Waals surface area contributed by atoms with Gasteiger partial charge in [0.1, 0.15) is 0 Å². The van der Waals surface area contributed by atoms with Crippen LogP contribution in [0.3, 0.4) is 0 Å². The fourth-order valence-corrected chi connectivity index (χ4v) is 3.03. The summed E-state index contributed by atoms with van der Waals surface area (Å²) in [5.74, 6) is 0. The third-order valence-corrected chi connectivity index (χ3v) is 4.20. The van der Waals surface area contributed by atoms with Crippen molar-refractivity contribution < 1.29 is 0 Å². The quantitative estimate of drug-likeness (QED) is 0.736. The normalized spacial score (nSPS) is 13.1. The van der Waals surface area contributed by atoms with Crippen molar-refractivity contribution in [3.8, 4) is 0 Å². The summed E-state index contributed by atoms with van der Waals surface area (Å²) in [7, 11) is 0. The van der Waals surface area contributed by atoms with Gasteiger partial charge < -0.3 is 5.32 Å². The summed E-state index contributed by atoms with van der Waals surface area (Å²) >= 11 is 3.63. The fourth-order valence-electron chi connectivity index (χ4n) is 2.40. The summed E-state index contributed by atoms with van der Waals surface area (Å²) in [5.41, 5.74) is 3.97. The van der Waals surface area contributed by atoms with Gasteiger partial charge in [-0.05, 0) is 35.6 Å². The Kier molecular flexibility index (Phi) is 4.54. The van der Waals surface area contributed by atoms with Gasteiger partial charge in [0.25, 0.3) is 0 Å². The van der Waals surface area contributed by atoms with Crippen molar-refractivity contribution in [3.05, 3.63) is 64.1 Å². The Labute approximate surface area is 130 Å². The van der Waals surface area contributed by atoms with Crippen LogP contribution in [0.15, 0.2) is 53.0 Å². The minimum atomic E-state index is 0.136. The molecule has 2 rings (SSSR count). The van der Waals surface area contributed by atoms with E-state index in [0.717, 1.165) is 4.47 Å². The molecule has 2 aromatic carbocycles. The van der Waals surface area contributed by atoms with Gasteiger partial charge in [-0.2, -0.15) is 0 Å². The molecule has 2 heteroatoms. The zero-order valence-electron chi connectivity index (χ0n) is 12.6. The summed E-state index contributed by atoms with van der Waals surface area (Å²) < 4.78 is 1.15. The number of anilines is 1. The van der Waals surface area contributed by atoms with Crippen LogP contribution in [-0.2, 0) is 5.41 Å². The van der Waals surface area contributed by atoms with Crippen molar-refractivity contribution in [2.24, 2.45) is 0 Å². The maximum atomic E-state index is 3.64. The van der Waals surface area contributed by atoms with Crippen molar-refractivity contribution in [2.75, 3.05) is 5.32 Å². The summed E-state index contributed by atoms with van der Waals surface area (Å²) in [4.78, 5) is 0. The Morgan fingerprint density at radius 1 is 0.950 bits per heavy atom. The highest BCUT2D eigenvalue weighted by Gasteiger charge is 2.18. The second kappa shape index (κ2) is 6.01. The van der Waals surface area contributed by atoms with Crippen LogP contribution in [0.1, 0.15) is 44.9 Å². The summed E-state index contributed by atoms with van der Waals surface area (Å²) in [6, 6.07) is 17.2. The smallest absolute Gasteiger partial charge is 0.0496 e. The molecule has 1 N–H and O–H groups in total. The summed E-state index contributed by atoms with van der Waals surface area (Å²) in [5, 5.41) is 3.64. The number of hydrogen-bond donors (Lipinski definition) is 1. The highest BCUT2D eigenvalue weighted by Crippen LogP contribution is 2.32. The van der Waals surface area contributed by atoms with Crippen molar-refractivity contribution >= 4 is 21.6 Å². The topological polar surface area (TPSA) is 12.0 Å². The lowest BCUT2D eigenvalue weighted by molar-refractivity contribution is 0.590. The van der Waals surface area contributed by atoms with Gasteiger partial charge in [0.2, 0.25) is 0 Å². The first-order chi connectivity index (χ1) is 9.39. The Morgan fingerprint density at radius 2 is 1.55 bits per heavy atom. The van der Waals surface area contributed by atoms with E-state index in [2.05, 4.69) is 91.4 Å². The second-order valence-electron chi connectivity index (χ2n) is 6.18. The number of para-hydroxylation sites is 1. The maximum absolute atomic E-state index is 3.64. The van der Waals surface area contributed by atoms with Gasteiger partial charge in [-0.3, -0.25) is 0 Å². The molecule has 0 aromatic heterocycles. The van der Waals surface area contributed by atoms with Gasteiger partial charge in [-0.25, -0.2) is 0 Å². The fraction of sp³-hybridized carbons (Fsp3) is 0.333. The van der Waals surface area contributed by atoms with Crippen molar-refractivity contribution in [1.82, 2.24) is 0 Å². The highest BCUT2D eigenvalue weighted by molar-refractivity contribution is 9.10. The van der Waals surface area contributed by atoms with E-state index in [-0.39, 0.29) is 11.5 Å². The molecule has 0 bridgehead atoms. The van der Waals surface area contributed by atoms with Crippen LogP contribution in [0.25, 0.3) is 0 Å². The van der Waals surface area contributed by atoms with Gasteiger partial charge in [0.15, 0.2) is 0 Å². The molecular weight excluding hydrogens is 310 g/mol. The van der Waals surface area contributed by atoms with E-state index < -0.39 is 0 Å². The molecule has 106 valence electrons. The minimum absolute atomic E-state index is 0.136. The second-order valence-corrected chi connectivity index (χ2v) is 7.04. The van der Waals surface area contributed by atoms with E-state index in [9.17, 15) is 0 Å². The summed E-state index contributed by atoms with van der Waals surface area (Å²) in [6.07, 6.45) is 0. The summed E-state index contributed by atoms with van der Waals surface area (Å²) in [6.45, 7) is 8.93. The van der Waals surface area contributed by atoms with E-state index in [1.54, 1.807) is 0 Å². The van der Waals surface area contributed by atoms with Crippen LogP contribution in [0.4, 0.5) is 5.69 Å². The number of hydrogen-bond acceptors (Lipinski definition) is 1. The lowest BCUT2D eigenvalue weighted by atomic mass is 9.85. The van der Waals surface area contributed by atoms with Crippen molar-refractivity contribution in [3.63, 3.8) is 0 Å². The molecule has 1 unspecified atom stereocenters. The molecule has 0 saturated heterocycles. The Morgan fingerprint density at radius 3 is 2.20 bits per heavy atom. The highest BCUT2D eigenvalue weighted by atomic mass is 79.9. The number of benzene rings is 2. The average molecular weight is 332 g/mol. The van der Waals surface area contributed by atoms with Crippen molar-refractivity contribution in [1.29, 1.82) is 0 Å². The molecular formula is C18H22BrN. The molecule has 2 aromatic rings. The SMILES string of the molecule is CC(Nc1ccccc1C(C)(C)C)c1ccccc1Br. The maximum Gasteiger partial charge on any atom is 0.0496 e. The molecule has 0 radical (unpaired) electrons. The van der Waals surface area contributed by atoms with E-state index in [1.165, 1.54) is 16.8 Å². The zero-order chi connectivity index (χ0) is 14.8. The Hall–Kier alpha value is -1.28. The molecule has 0 amide bonds. The van der Waals surface area contributed by atoms with Gasteiger partial charge >= 0.3 is 0 Å². The standard InChI is InChI=1S/C18H22BrN/c1-13(14-9-5-7-11-16(14)19)20-17-12-8-6-10-15(17)18(2,3)4/h5-13,20H,1-4H3. The van der Waals surface area contributed by atoms with E-state index in [1.807, 2.05) is 6.07 Å². The molecule has 0 heterocycles. The largest absolute Gasteiger partial charge is 0.378 e. The van der Waals surface area contributed by atoms with Crippen LogP contribution in [0, 0.1) is 0 Å². The molecule has 0 spiro atoms. The van der Waals surface area contributed by atoms with Crippen LogP contribution in [0.2, 0.25) is 0 Å². The van der Waals surface area contributed by atoms with Crippen molar-refractivity contribution in [2.45, 2.75) is 39.2 Å². The van der Waals surface area contributed by atoms with Crippen LogP contribution >= 0.6 is 15.9 Å².